The van der Waals surface area contributed by atoms with Crippen molar-refractivity contribution < 1.29 is 115 Å². The van der Waals surface area contributed by atoms with Crippen LogP contribution in [0.15, 0.2) is 36.0 Å². The molecule has 4 fully saturated rings. The number of alkyl halides is 1. The Labute approximate surface area is 773 Å². The third-order valence-corrected chi connectivity index (χ3v) is 27.5. The van der Waals surface area contributed by atoms with Crippen molar-refractivity contribution in [1.82, 2.24) is 60.9 Å². The molecule has 0 bridgehead atoms. The number of rotatable bonds is 27. The number of carbonyl (C=O) groups excluding carboxylic acids is 17. The van der Waals surface area contributed by atoms with Crippen LogP contribution in [0, 0.1) is 75.9 Å². The van der Waals surface area contributed by atoms with Gasteiger partial charge in [0.15, 0.2) is 18.1 Å². The quantitative estimate of drug-likeness (QED) is 0.0205. The largest absolute Gasteiger partial charge is 0.511 e. The van der Waals surface area contributed by atoms with E-state index in [1.807, 2.05) is 55.4 Å². The van der Waals surface area contributed by atoms with Gasteiger partial charge in [-0.25, -0.2) is 14.0 Å². The van der Waals surface area contributed by atoms with Crippen molar-refractivity contribution in [2.45, 2.75) is 319 Å². The van der Waals surface area contributed by atoms with E-state index >= 15 is 23.6 Å². The number of halogens is 1. The van der Waals surface area contributed by atoms with Crippen LogP contribution in [0.2, 0.25) is 0 Å². The molecule has 9 unspecified atom stereocenters. The minimum Gasteiger partial charge on any atom is -0.456 e. The number of hydrogen-bond acceptors (Lipinski definition) is 23. The molecular formula is C95H153FN12O23. The number of aliphatic hydroxyl groups excluding tert-OH is 1. The number of nitrogens with zero attached hydrogens (tertiary/aromatic N) is 7. The first-order chi connectivity index (χ1) is 60.7. The lowest BCUT2D eigenvalue weighted by Gasteiger charge is -2.62. The van der Waals surface area contributed by atoms with Crippen molar-refractivity contribution in [3.05, 3.63) is 36.0 Å². The second-order valence-corrected chi connectivity index (χ2v) is 40.2. The van der Waals surface area contributed by atoms with E-state index in [0.29, 0.717) is 12.0 Å². The Balaban J connectivity index is 1.49. The highest BCUT2D eigenvalue weighted by atomic mass is 19.1. The van der Waals surface area contributed by atoms with Gasteiger partial charge in [-0.3, -0.25) is 71.9 Å². The summed E-state index contributed by atoms with van der Waals surface area (Å²) in [5.74, 6) is -19.1. The first-order valence-electron chi connectivity index (χ1n) is 46.4. The van der Waals surface area contributed by atoms with E-state index in [9.17, 15) is 72.5 Å². The van der Waals surface area contributed by atoms with Crippen molar-refractivity contribution in [1.29, 1.82) is 0 Å². The van der Waals surface area contributed by atoms with E-state index in [-0.39, 0.29) is 87.2 Å². The molecule has 21 atom stereocenters. The number of ketones is 2. The number of allylic oxidation sites excluding steroid dienone is 6. The van der Waals surface area contributed by atoms with E-state index in [0.717, 1.165) is 19.6 Å². The molecule has 12 amide bonds. The standard InChI is InChI=1S/C95H153FN12O23/c1-30-32-33-57(17)79(131-91(126)130-49-129-74(114)37-36-72(112)100-76(55(13)14)90(125)128-48-71(111)95(127)58(18)44-64-63-35-34-61-45-62(109)38-39-92(61,21)94(63,96)70(110)46-93(64,95)22)78-83(118)99-65(31-2)85(120)102(23)47-73(113)103(24)66(40-50(3)4)82(117)101-75(54(11)12)88(123)104(25)67(41-51(5)6)81(116)97-59(19)80(115)98-60(20)84(119)105(26)68(42-52(7)8)86(121)106(27)69(43-53(9)10)87(122)107(28)77(56(15)16)89(124)108(78)29/h30,32,38-39,45,50-60,63-70,75-79,110,127H,31,33-37,40-44,46-49H2,1-29H3,(H,97,116)(H,98,115)(H,99,118)(H,100,112)(H,101,117)/b32-30+/t57?,58-,59?,60?,63?,64-,65-,66+,67-,68?,69-,70+,75?,76?,77?,78-,79?,92+,93+,94+,95+/m1/s1. The molecule has 35 nitrogen and oxygen atoms in total. The molecule has 0 spiro atoms. The fourth-order valence-electron chi connectivity index (χ4n) is 19.6. The van der Waals surface area contributed by atoms with Crippen LogP contribution in [-0.4, -0.2) is 304 Å². The summed E-state index contributed by atoms with van der Waals surface area (Å²) >= 11 is 0. The minimum absolute atomic E-state index is 0.0129. The predicted octanol–water partition coefficient (Wildman–Crippen LogP) is 6.31. The van der Waals surface area contributed by atoms with Gasteiger partial charge in [-0.2, -0.15) is 0 Å². The second kappa shape index (κ2) is 47.3. The molecule has 0 aromatic carbocycles. The Morgan fingerprint density at radius 1 is 0.595 bits per heavy atom. The van der Waals surface area contributed by atoms with E-state index < -0.39 is 270 Å². The number of likely N-dealkylation sites (N-methyl/N-ethyl adjacent to an activating group) is 7. The summed E-state index contributed by atoms with van der Waals surface area (Å²) in [6.45, 7) is 34.1. The van der Waals surface area contributed by atoms with E-state index in [1.165, 1.54) is 96.1 Å². The Hall–Kier alpha value is -9.74. The Bertz CT molecular complexity index is 4240. The van der Waals surface area contributed by atoms with Crippen molar-refractivity contribution >= 4 is 101 Å². The molecule has 4 aliphatic carbocycles. The summed E-state index contributed by atoms with van der Waals surface area (Å²) in [6, 6.07) is -15.3. The molecule has 0 aromatic heterocycles. The van der Waals surface area contributed by atoms with Crippen LogP contribution in [0.5, 0.6) is 0 Å². The molecule has 1 aliphatic heterocycles. The van der Waals surface area contributed by atoms with Gasteiger partial charge in [0.25, 0.3) is 0 Å². The summed E-state index contributed by atoms with van der Waals surface area (Å²) in [5, 5.41) is 37.9. The van der Waals surface area contributed by atoms with Gasteiger partial charge < -0.3 is 90.0 Å². The SMILES string of the molecule is C/C=C/CC(C)C(OC(=O)OCOC(=O)CCC(=O)NC(C(=O)OCC(=O)[C@@]1(O)[C@H](C)C[C@@H]2C3CCC4=CC(=O)C=C[C@]4(C)[C@@]3(F)[C@@H](O)C[C@@]21C)C(C)C)[C@@H]1C(=O)N[C@H](CC)C(=O)N(C)CC(=O)N(C)[C@@H](CC(C)C)C(=O)NC(C(C)C)C(=O)N(C)[C@H](CC(C)C)C(=O)NC(C)C(=O)NC(C)C(=O)N(C)C(CC(C)C)C(=O)N(C)[C@H](CC(C)C)C(=O)N(C)C(C(C)C)C(=O)N1C. The van der Waals surface area contributed by atoms with Crippen LogP contribution in [0.1, 0.15) is 229 Å². The van der Waals surface area contributed by atoms with Gasteiger partial charge in [-0.1, -0.05) is 148 Å². The van der Waals surface area contributed by atoms with Crippen LogP contribution in [0.25, 0.3) is 0 Å². The van der Waals surface area contributed by atoms with E-state index in [1.54, 1.807) is 95.2 Å². The molecule has 5 aliphatic rings. The number of carbonyl (C=O) groups is 17. The lowest BCUT2D eigenvalue weighted by Crippen LogP contribution is -2.69. The Morgan fingerprint density at radius 2 is 1.11 bits per heavy atom. The molecule has 1 saturated heterocycles. The normalized spacial score (nSPS) is 30.5. The third kappa shape index (κ3) is 26.0. The molecule has 3 saturated carbocycles. The molecule has 131 heavy (non-hydrogen) atoms. The highest BCUT2D eigenvalue weighted by Crippen LogP contribution is 2.71. The van der Waals surface area contributed by atoms with Crippen LogP contribution >= 0.6 is 0 Å². The van der Waals surface area contributed by atoms with Crippen LogP contribution in [0.4, 0.5) is 9.18 Å². The van der Waals surface area contributed by atoms with E-state index in [2.05, 4.69) is 26.6 Å². The molecule has 0 radical (unpaired) electrons. The summed E-state index contributed by atoms with van der Waals surface area (Å²) < 4.78 is 40.0. The number of nitrogens with one attached hydrogen (secondary N) is 5. The molecule has 738 valence electrons. The zero-order valence-corrected chi connectivity index (χ0v) is 82.8. The fraction of sp³-hybridized carbons (Fsp3) is 0.758. The first-order valence-corrected chi connectivity index (χ1v) is 46.4. The lowest BCUT2D eigenvalue weighted by molar-refractivity contribution is -0.220. The minimum atomic E-state index is -2.24. The zero-order valence-electron chi connectivity index (χ0n) is 82.8. The van der Waals surface area contributed by atoms with Crippen molar-refractivity contribution in [3.63, 3.8) is 0 Å². The maximum atomic E-state index is 17.9. The van der Waals surface area contributed by atoms with Crippen LogP contribution < -0.4 is 26.6 Å². The summed E-state index contributed by atoms with van der Waals surface area (Å²) in [6.07, 6.45) is 1.86. The van der Waals surface area contributed by atoms with Crippen LogP contribution in [0.3, 0.4) is 0 Å². The Kier molecular flexibility index (Phi) is 40.3. The number of aliphatic hydroxyl groups is 2. The number of ether oxygens (including phenoxy) is 4. The van der Waals surface area contributed by atoms with Crippen LogP contribution in [-0.2, 0) is 95.7 Å². The zero-order chi connectivity index (χ0) is 99.8. The lowest BCUT2D eigenvalue weighted by atomic mass is 9.44. The van der Waals surface area contributed by atoms with Gasteiger partial charge in [0.05, 0.1) is 19.1 Å². The smallest absolute Gasteiger partial charge is 0.456 e. The second-order valence-electron chi connectivity index (χ2n) is 40.2. The highest BCUT2D eigenvalue weighted by molar-refractivity contribution is 6.02. The molecule has 1 heterocycles. The fourth-order valence-corrected chi connectivity index (χ4v) is 19.6. The molecular weight excluding hydrogens is 1700 g/mol. The van der Waals surface area contributed by atoms with Crippen molar-refractivity contribution in [2.24, 2.45) is 75.9 Å². The third-order valence-electron chi connectivity index (χ3n) is 27.5. The summed E-state index contributed by atoms with van der Waals surface area (Å²) in [5.41, 5.74) is -6.59. The van der Waals surface area contributed by atoms with Crippen molar-refractivity contribution in [2.75, 3.05) is 69.3 Å². The number of hydrogen-bond donors (Lipinski definition) is 7. The number of esters is 2. The van der Waals surface area contributed by atoms with E-state index in [4.69, 9.17) is 18.9 Å². The summed E-state index contributed by atoms with van der Waals surface area (Å²) in [7, 11) is 9.38. The van der Waals surface area contributed by atoms with Gasteiger partial charge >= 0.3 is 18.1 Å². The number of fused-ring (bicyclic) bond motifs is 5. The monoisotopic (exact) mass is 1850 g/mol. The number of amides is 12. The number of Topliss-reactive ketones (excluding diaryl/α,β-unsaturated/α-hetero) is 1. The van der Waals surface area contributed by atoms with Gasteiger partial charge in [0, 0.05) is 72.5 Å². The molecule has 36 heteroatoms. The van der Waals surface area contributed by atoms with Gasteiger partial charge in [0.2, 0.25) is 83.5 Å². The first kappa shape index (κ1) is 112. The van der Waals surface area contributed by atoms with Gasteiger partial charge in [0.1, 0.15) is 78.2 Å². The molecule has 5 rings (SSSR count). The maximum absolute atomic E-state index is 17.9. The Morgan fingerprint density at radius 3 is 1.65 bits per heavy atom. The highest BCUT2D eigenvalue weighted by Gasteiger charge is 2.76. The van der Waals surface area contributed by atoms with Crippen molar-refractivity contribution in [3.8, 4) is 0 Å². The average molecular weight is 1850 g/mol. The predicted molar refractivity (Wildman–Crippen MR) is 485 cm³/mol. The van der Waals surface area contributed by atoms with Gasteiger partial charge in [-0.15, -0.1) is 0 Å². The van der Waals surface area contributed by atoms with Gasteiger partial charge in [-0.05, 0) is 163 Å². The maximum Gasteiger partial charge on any atom is 0.511 e. The summed E-state index contributed by atoms with van der Waals surface area (Å²) in [4.78, 5) is 255. The topological polar surface area (TPSA) is 450 Å². The molecule has 0 aromatic rings. The average Bonchev–Trinajstić information content (AvgIpc) is 1.56. The molecule has 7 N–H and O–H groups in total.